The van der Waals surface area contributed by atoms with E-state index in [2.05, 4.69) is 85.7 Å². The lowest BCUT2D eigenvalue weighted by molar-refractivity contribution is -0.278. The van der Waals surface area contributed by atoms with Crippen LogP contribution in [0.1, 0.15) is 111 Å². The van der Waals surface area contributed by atoms with Crippen molar-refractivity contribution in [2.45, 2.75) is 115 Å². The number of aliphatic hydroxyl groups excluding tert-OH is 1. The predicted octanol–water partition coefficient (Wildman–Crippen LogP) is 8.51. The molecule has 0 unspecified atom stereocenters. The average molecular weight is 744 g/mol. The third kappa shape index (κ3) is 9.38. The number of ether oxygens (including phenoxy) is 2. The number of carbonyl (C=O) groups excluding carboxylic acids is 2. The third-order valence-corrected chi connectivity index (χ3v) is 11.7. The Hall–Kier alpha value is -4.34. The van der Waals surface area contributed by atoms with Gasteiger partial charge >= 0.3 is 0 Å². The Labute approximate surface area is 326 Å². The molecule has 3 fully saturated rings. The molecule has 0 spiro atoms. The zero-order valence-electron chi connectivity index (χ0n) is 32.7. The molecular formula is C47H57N3O5. The highest BCUT2D eigenvalue weighted by Gasteiger charge is 2.46. The zero-order chi connectivity index (χ0) is 38.5. The summed E-state index contributed by atoms with van der Waals surface area (Å²) in [7, 11) is 0. The van der Waals surface area contributed by atoms with Gasteiger partial charge in [0.15, 0.2) is 6.29 Å². The summed E-state index contributed by atoms with van der Waals surface area (Å²) in [6, 6.07) is 34.0. The lowest BCUT2D eigenvalue weighted by atomic mass is 9.75. The van der Waals surface area contributed by atoms with Crippen LogP contribution in [0.15, 0.2) is 103 Å². The average Bonchev–Trinajstić information content (AvgIpc) is 3.20. The minimum absolute atomic E-state index is 0.00233. The van der Waals surface area contributed by atoms with Crippen LogP contribution in [-0.2, 0) is 27.4 Å². The van der Waals surface area contributed by atoms with Gasteiger partial charge in [-0.2, -0.15) is 0 Å². The second kappa shape index (κ2) is 17.2. The van der Waals surface area contributed by atoms with Crippen molar-refractivity contribution in [1.82, 2.24) is 15.5 Å². The summed E-state index contributed by atoms with van der Waals surface area (Å²) < 4.78 is 13.9. The van der Waals surface area contributed by atoms with Gasteiger partial charge in [0.1, 0.15) is 0 Å². The first kappa shape index (κ1) is 38.9. The number of likely N-dealkylation sites (tertiary alicyclic amines) is 1. The molecule has 0 bridgehead atoms. The maximum Gasteiger partial charge on any atom is 0.251 e. The van der Waals surface area contributed by atoms with Crippen LogP contribution in [0.2, 0.25) is 0 Å². The van der Waals surface area contributed by atoms with E-state index in [-0.39, 0.29) is 48.1 Å². The molecule has 8 heteroatoms. The largest absolute Gasteiger partial charge is 0.392 e. The molecule has 1 aliphatic carbocycles. The van der Waals surface area contributed by atoms with Gasteiger partial charge in [0.05, 0.1) is 24.9 Å². The van der Waals surface area contributed by atoms with E-state index in [0.29, 0.717) is 30.6 Å². The Morgan fingerprint density at radius 2 is 1.51 bits per heavy atom. The Kier molecular flexibility index (Phi) is 12.2. The molecule has 2 heterocycles. The first-order valence-corrected chi connectivity index (χ1v) is 20.2. The topological polar surface area (TPSA) is 100 Å². The number of nitrogens with one attached hydrogen (secondary N) is 2. The number of nitrogens with zero attached hydrogens (tertiary/aromatic N) is 1. The summed E-state index contributed by atoms with van der Waals surface area (Å²) >= 11 is 0. The fraction of sp³-hybridized carbons (Fsp3) is 0.447. The van der Waals surface area contributed by atoms with Crippen molar-refractivity contribution in [1.29, 1.82) is 0 Å². The van der Waals surface area contributed by atoms with E-state index in [0.717, 1.165) is 52.6 Å². The molecule has 1 saturated carbocycles. The van der Waals surface area contributed by atoms with Crippen LogP contribution >= 0.6 is 0 Å². The molecule has 290 valence electrons. The van der Waals surface area contributed by atoms with Gasteiger partial charge in [-0.05, 0) is 104 Å². The van der Waals surface area contributed by atoms with Gasteiger partial charge in [0, 0.05) is 41.7 Å². The van der Waals surface area contributed by atoms with Crippen LogP contribution in [0.25, 0.3) is 11.1 Å². The van der Waals surface area contributed by atoms with Crippen molar-refractivity contribution in [2.24, 2.45) is 11.8 Å². The summed E-state index contributed by atoms with van der Waals surface area (Å²) in [4.78, 5) is 29.2. The van der Waals surface area contributed by atoms with E-state index < -0.39 is 6.29 Å². The van der Waals surface area contributed by atoms with Crippen molar-refractivity contribution < 1.29 is 24.2 Å². The van der Waals surface area contributed by atoms with Crippen LogP contribution in [0, 0.1) is 11.8 Å². The number of amides is 2. The van der Waals surface area contributed by atoms with E-state index in [1.165, 1.54) is 19.3 Å². The Bertz CT molecular complexity index is 1910. The molecule has 3 aliphatic rings. The van der Waals surface area contributed by atoms with Crippen LogP contribution < -0.4 is 10.6 Å². The molecule has 55 heavy (non-hydrogen) atoms. The number of fused-ring (bicyclic) bond motifs is 1. The van der Waals surface area contributed by atoms with Crippen LogP contribution in [0.3, 0.4) is 0 Å². The van der Waals surface area contributed by atoms with E-state index in [9.17, 15) is 14.7 Å². The Morgan fingerprint density at radius 1 is 0.782 bits per heavy atom. The monoisotopic (exact) mass is 743 g/mol. The number of aliphatic hydroxyl groups is 1. The highest BCUT2D eigenvalue weighted by Crippen LogP contribution is 2.45. The number of benzene rings is 4. The van der Waals surface area contributed by atoms with Gasteiger partial charge in [-0.25, -0.2) is 0 Å². The van der Waals surface area contributed by atoms with Gasteiger partial charge < -0.3 is 25.2 Å². The maximum absolute atomic E-state index is 13.9. The van der Waals surface area contributed by atoms with Crippen molar-refractivity contribution in [2.75, 3.05) is 6.54 Å². The number of rotatable bonds is 10. The fourth-order valence-electron chi connectivity index (χ4n) is 8.86. The molecule has 0 radical (unpaired) electrons. The number of hydrogen-bond donors (Lipinski definition) is 3. The van der Waals surface area contributed by atoms with E-state index in [1.54, 1.807) is 0 Å². The molecular weight excluding hydrogens is 687 g/mol. The van der Waals surface area contributed by atoms with E-state index in [4.69, 9.17) is 9.47 Å². The second-order valence-electron chi connectivity index (χ2n) is 16.8. The summed E-state index contributed by atoms with van der Waals surface area (Å²) in [5.74, 6) is 0.601. The summed E-state index contributed by atoms with van der Waals surface area (Å²) in [6.07, 6.45) is 5.61. The van der Waals surface area contributed by atoms with Gasteiger partial charge in [0.2, 0.25) is 5.91 Å². The summed E-state index contributed by atoms with van der Waals surface area (Å²) in [6.45, 7) is 9.41. The Balaban J connectivity index is 1.16. The second-order valence-corrected chi connectivity index (χ2v) is 16.8. The molecule has 7 rings (SSSR count). The highest BCUT2D eigenvalue weighted by atomic mass is 16.7. The summed E-state index contributed by atoms with van der Waals surface area (Å²) in [5.41, 5.74) is 6.21. The predicted molar refractivity (Wildman–Crippen MR) is 216 cm³/mol. The fourth-order valence-corrected chi connectivity index (χ4v) is 8.86. The number of hydrogen-bond acceptors (Lipinski definition) is 6. The van der Waals surface area contributed by atoms with Gasteiger partial charge in [-0.3, -0.25) is 14.5 Å². The lowest BCUT2D eigenvalue weighted by Crippen LogP contribution is -2.61. The molecule has 7 atom stereocenters. The highest BCUT2D eigenvalue weighted by molar-refractivity contribution is 5.94. The van der Waals surface area contributed by atoms with E-state index >= 15 is 0 Å². The summed E-state index contributed by atoms with van der Waals surface area (Å²) in [5, 5.41) is 16.1. The minimum atomic E-state index is -0.634. The third-order valence-electron chi connectivity index (χ3n) is 11.7. The first-order chi connectivity index (χ1) is 26.6. The molecule has 2 saturated heterocycles. The van der Waals surface area contributed by atoms with Gasteiger partial charge in [0.25, 0.3) is 5.91 Å². The SMILES string of the molecule is C[C@@H]1[C@H](CN2[C@@H](C(=O)NC(C)(C)C)CC[C@H]3CCCC[C@H]32)O[C@H](c2cccc(-c3cccc(CNC(=O)c4ccccc4)c3)c2)O[C@@H]1c1ccc(CO)cc1. The smallest absolute Gasteiger partial charge is 0.251 e. The molecule has 4 aromatic rings. The minimum Gasteiger partial charge on any atom is -0.392 e. The quantitative estimate of drug-likeness (QED) is 0.151. The van der Waals surface area contributed by atoms with Crippen molar-refractivity contribution in [3.8, 4) is 11.1 Å². The molecule has 3 N–H and O–H groups in total. The van der Waals surface area contributed by atoms with Crippen LogP contribution in [0.5, 0.6) is 0 Å². The van der Waals surface area contributed by atoms with Crippen molar-refractivity contribution >= 4 is 11.8 Å². The van der Waals surface area contributed by atoms with Crippen LogP contribution in [-0.4, -0.2) is 52.1 Å². The first-order valence-electron chi connectivity index (χ1n) is 20.2. The Morgan fingerprint density at radius 3 is 2.25 bits per heavy atom. The number of carbonyl (C=O) groups is 2. The van der Waals surface area contributed by atoms with Crippen molar-refractivity contribution in [3.05, 3.63) is 131 Å². The van der Waals surface area contributed by atoms with E-state index in [1.807, 2.05) is 60.7 Å². The standard InChI is InChI=1S/C47H57N3O5/c1-31-42(29-50-40-19-9-8-13-34(40)24-25-41(50)45(53)49-47(2,3)4)54-46(55-43(31)35-22-20-32(30-51)21-23-35)39-18-11-17-38(27-39)37-16-10-12-33(26-37)28-48-44(52)36-14-6-5-7-15-36/h5-7,10-12,14-18,20-23,26-27,31,34,40-43,46,51H,8-9,13,19,24-25,28-30H2,1-4H3,(H,48,52)(H,49,53)/t31-,34-,40-,41-,42+,43+,46+/m1/s1. The number of piperidine rings is 1. The zero-order valence-corrected chi connectivity index (χ0v) is 32.7. The van der Waals surface area contributed by atoms with Crippen molar-refractivity contribution in [3.63, 3.8) is 0 Å². The van der Waals surface area contributed by atoms with Crippen LogP contribution in [0.4, 0.5) is 0 Å². The molecule has 4 aromatic carbocycles. The maximum atomic E-state index is 13.9. The molecule has 2 aliphatic heterocycles. The van der Waals surface area contributed by atoms with Gasteiger partial charge in [-0.1, -0.05) is 98.6 Å². The lowest BCUT2D eigenvalue weighted by Gasteiger charge is -2.51. The molecule has 8 nitrogen and oxygen atoms in total. The van der Waals surface area contributed by atoms with Gasteiger partial charge in [-0.15, -0.1) is 0 Å². The molecule has 2 amide bonds. The normalized spacial score (nSPS) is 25.8. The molecule has 0 aromatic heterocycles.